The molecule has 1 saturated carbocycles. The fraction of sp³-hybridized carbons (Fsp3) is 0.857. The van der Waals surface area contributed by atoms with Crippen LogP contribution in [0.4, 0.5) is 0 Å². The smallest absolute Gasteiger partial charge is 0.243 e. The molecule has 2 rings (SSSR count). The minimum absolute atomic E-state index is 0.113. The highest BCUT2D eigenvalue weighted by molar-refractivity contribution is 4.99. The highest BCUT2D eigenvalue weighted by atomic mass is 16.5. The molecule has 1 aliphatic carbocycles. The van der Waals surface area contributed by atoms with Crippen molar-refractivity contribution in [1.29, 1.82) is 0 Å². The third kappa shape index (κ3) is 2.91. The van der Waals surface area contributed by atoms with E-state index in [-0.39, 0.29) is 6.04 Å². The molecule has 0 spiro atoms. The van der Waals surface area contributed by atoms with Gasteiger partial charge in [0, 0.05) is 5.92 Å². The van der Waals surface area contributed by atoms with Crippen LogP contribution in [0.2, 0.25) is 0 Å². The summed E-state index contributed by atoms with van der Waals surface area (Å²) in [5.74, 6) is 3.60. The zero-order valence-corrected chi connectivity index (χ0v) is 11.7. The van der Waals surface area contributed by atoms with Crippen molar-refractivity contribution in [3.8, 4) is 0 Å². The van der Waals surface area contributed by atoms with Crippen molar-refractivity contribution in [2.45, 2.75) is 64.8 Å². The molecule has 18 heavy (non-hydrogen) atoms. The summed E-state index contributed by atoms with van der Waals surface area (Å²) in [6.45, 7) is 6.66. The lowest BCUT2D eigenvalue weighted by Gasteiger charge is -2.29. The van der Waals surface area contributed by atoms with Gasteiger partial charge in [-0.05, 0) is 43.9 Å². The van der Waals surface area contributed by atoms with Crippen molar-refractivity contribution in [2.75, 3.05) is 0 Å². The van der Waals surface area contributed by atoms with E-state index in [9.17, 15) is 0 Å². The topological polar surface area (TPSA) is 64.9 Å². The van der Waals surface area contributed by atoms with Crippen LogP contribution in [0.15, 0.2) is 4.52 Å². The molecule has 0 aliphatic heterocycles. The fourth-order valence-corrected chi connectivity index (χ4v) is 2.78. The second-order valence-corrected chi connectivity index (χ2v) is 5.86. The molecule has 0 aromatic carbocycles. The maximum atomic E-state index is 5.90. The van der Waals surface area contributed by atoms with E-state index in [2.05, 4.69) is 24.0 Å². The predicted molar refractivity (Wildman–Crippen MR) is 71.1 cm³/mol. The summed E-state index contributed by atoms with van der Waals surface area (Å²) in [4.78, 5) is 4.47. The van der Waals surface area contributed by atoms with Crippen molar-refractivity contribution in [3.63, 3.8) is 0 Å². The summed E-state index contributed by atoms with van der Waals surface area (Å²) < 4.78 is 5.26. The molecule has 1 aromatic rings. The quantitative estimate of drug-likeness (QED) is 0.890. The highest BCUT2D eigenvalue weighted by Gasteiger charge is 2.27. The van der Waals surface area contributed by atoms with Crippen molar-refractivity contribution in [3.05, 3.63) is 11.7 Å². The van der Waals surface area contributed by atoms with E-state index in [0.29, 0.717) is 11.8 Å². The van der Waals surface area contributed by atoms with E-state index in [1.54, 1.807) is 0 Å². The van der Waals surface area contributed by atoms with E-state index >= 15 is 0 Å². The van der Waals surface area contributed by atoms with Gasteiger partial charge >= 0.3 is 0 Å². The first-order valence-electron chi connectivity index (χ1n) is 7.20. The third-order valence-electron chi connectivity index (χ3n) is 4.29. The van der Waals surface area contributed by atoms with Crippen LogP contribution in [-0.2, 0) is 0 Å². The summed E-state index contributed by atoms with van der Waals surface area (Å²) in [5, 5.41) is 4.11. The Balaban J connectivity index is 1.95. The number of hydrogen-bond donors (Lipinski definition) is 1. The monoisotopic (exact) mass is 251 g/mol. The molecule has 1 aromatic heterocycles. The van der Waals surface area contributed by atoms with Gasteiger partial charge in [-0.15, -0.1) is 0 Å². The van der Waals surface area contributed by atoms with E-state index in [4.69, 9.17) is 10.3 Å². The minimum atomic E-state index is -0.113. The van der Waals surface area contributed by atoms with Crippen LogP contribution in [0.1, 0.15) is 76.6 Å². The van der Waals surface area contributed by atoms with Gasteiger partial charge in [0.05, 0.1) is 6.04 Å². The Bertz CT molecular complexity index is 367. The molecule has 0 bridgehead atoms. The zero-order valence-electron chi connectivity index (χ0n) is 11.7. The maximum Gasteiger partial charge on any atom is 0.243 e. The molecule has 0 amide bonds. The minimum Gasteiger partial charge on any atom is -0.338 e. The molecule has 1 aliphatic rings. The first kappa shape index (κ1) is 13.5. The Kier molecular flexibility index (Phi) is 4.38. The SMILES string of the molecule is CC[C@@H](N)c1nc(C2CCC(C(C)C)CC2)no1. The summed E-state index contributed by atoms with van der Waals surface area (Å²) in [6, 6.07) is -0.113. The van der Waals surface area contributed by atoms with Gasteiger partial charge < -0.3 is 10.3 Å². The second-order valence-electron chi connectivity index (χ2n) is 5.86. The van der Waals surface area contributed by atoms with Crippen molar-refractivity contribution < 1.29 is 4.52 Å². The molecule has 1 atom stereocenters. The third-order valence-corrected chi connectivity index (χ3v) is 4.29. The molecule has 1 fully saturated rings. The van der Waals surface area contributed by atoms with Gasteiger partial charge in [0.15, 0.2) is 5.82 Å². The number of nitrogens with two attached hydrogens (primary N) is 1. The summed E-state index contributed by atoms with van der Waals surface area (Å²) >= 11 is 0. The number of aromatic nitrogens is 2. The molecule has 2 N–H and O–H groups in total. The molecule has 0 radical (unpaired) electrons. The van der Waals surface area contributed by atoms with Gasteiger partial charge in [-0.3, -0.25) is 0 Å². The first-order valence-corrected chi connectivity index (χ1v) is 7.20. The van der Waals surface area contributed by atoms with Crippen molar-refractivity contribution >= 4 is 0 Å². The van der Waals surface area contributed by atoms with Gasteiger partial charge in [0.25, 0.3) is 0 Å². The van der Waals surface area contributed by atoms with Crippen molar-refractivity contribution in [2.24, 2.45) is 17.6 Å². The standard InChI is InChI=1S/C14H25N3O/c1-4-12(15)14-16-13(17-18-14)11-7-5-10(6-8-11)9(2)3/h9-12H,4-8,15H2,1-3H3/t10?,11?,12-/m1/s1. The lowest BCUT2D eigenvalue weighted by Crippen LogP contribution is -2.18. The molecule has 4 heteroatoms. The number of nitrogens with zero attached hydrogens (tertiary/aromatic N) is 2. The molecular formula is C14H25N3O. The average molecular weight is 251 g/mol. The summed E-state index contributed by atoms with van der Waals surface area (Å²) in [7, 11) is 0. The second kappa shape index (κ2) is 5.83. The van der Waals surface area contributed by atoms with Crippen LogP contribution in [0.3, 0.4) is 0 Å². The Hall–Kier alpha value is -0.900. The van der Waals surface area contributed by atoms with E-state index < -0.39 is 0 Å². The Morgan fingerprint density at radius 1 is 1.28 bits per heavy atom. The fourth-order valence-electron chi connectivity index (χ4n) is 2.78. The predicted octanol–water partition coefficient (Wildman–Crippen LogP) is 3.41. The molecule has 0 unspecified atom stereocenters. The Morgan fingerprint density at radius 3 is 2.50 bits per heavy atom. The molecule has 1 heterocycles. The number of rotatable bonds is 4. The van der Waals surface area contributed by atoms with Gasteiger partial charge in [0.2, 0.25) is 5.89 Å². The van der Waals surface area contributed by atoms with E-state index in [0.717, 1.165) is 24.1 Å². The molecule has 0 saturated heterocycles. The zero-order chi connectivity index (χ0) is 13.1. The van der Waals surface area contributed by atoms with Crippen LogP contribution in [0, 0.1) is 11.8 Å². The Labute approximate surface area is 109 Å². The largest absolute Gasteiger partial charge is 0.338 e. The van der Waals surface area contributed by atoms with Crippen LogP contribution in [0.5, 0.6) is 0 Å². The lowest BCUT2D eigenvalue weighted by molar-refractivity contribution is 0.251. The van der Waals surface area contributed by atoms with Crippen LogP contribution >= 0.6 is 0 Å². The Morgan fingerprint density at radius 2 is 1.94 bits per heavy atom. The van der Waals surface area contributed by atoms with Crippen LogP contribution in [0.25, 0.3) is 0 Å². The number of hydrogen-bond acceptors (Lipinski definition) is 4. The molecular weight excluding hydrogens is 226 g/mol. The molecule has 4 nitrogen and oxygen atoms in total. The average Bonchev–Trinajstić information content (AvgIpc) is 2.87. The summed E-state index contributed by atoms with van der Waals surface area (Å²) in [6.07, 6.45) is 5.77. The van der Waals surface area contributed by atoms with Gasteiger partial charge in [-0.25, -0.2) is 0 Å². The lowest BCUT2D eigenvalue weighted by atomic mass is 9.77. The van der Waals surface area contributed by atoms with Gasteiger partial charge in [-0.2, -0.15) is 4.98 Å². The van der Waals surface area contributed by atoms with Crippen LogP contribution in [-0.4, -0.2) is 10.1 Å². The van der Waals surface area contributed by atoms with E-state index in [1.165, 1.54) is 25.7 Å². The van der Waals surface area contributed by atoms with Crippen molar-refractivity contribution in [1.82, 2.24) is 10.1 Å². The van der Waals surface area contributed by atoms with Gasteiger partial charge in [0.1, 0.15) is 0 Å². The molecule has 102 valence electrons. The van der Waals surface area contributed by atoms with E-state index in [1.807, 2.05) is 6.92 Å². The normalized spacial score (nSPS) is 26.5. The highest BCUT2D eigenvalue weighted by Crippen LogP contribution is 2.37. The van der Waals surface area contributed by atoms with Crippen LogP contribution < -0.4 is 5.73 Å². The summed E-state index contributed by atoms with van der Waals surface area (Å²) in [5.41, 5.74) is 5.90. The van der Waals surface area contributed by atoms with Gasteiger partial charge in [-0.1, -0.05) is 25.9 Å². The maximum absolute atomic E-state index is 5.90. The first-order chi connectivity index (χ1) is 8.61.